The Balaban J connectivity index is 0.987. The molecule has 2 N–H and O–H groups in total. The number of fused-ring (bicyclic) bond motifs is 3. The fourth-order valence-corrected chi connectivity index (χ4v) is 8.89. The predicted octanol–water partition coefficient (Wildman–Crippen LogP) is 7.68. The third kappa shape index (κ3) is 6.96. The van der Waals surface area contributed by atoms with E-state index in [-0.39, 0.29) is 64.8 Å². The fraction of sp³-hybridized carbons (Fsp3) is 0.500. The topological polar surface area (TPSA) is 103 Å². The predicted molar refractivity (Wildman–Crippen MR) is 193 cm³/mol. The van der Waals surface area contributed by atoms with E-state index < -0.39 is 23.2 Å². The first kappa shape index (κ1) is 35.0. The van der Waals surface area contributed by atoms with Gasteiger partial charge in [0.15, 0.2) is 11.6 Å². The van der Waals surface area contributed by atoms with Gasteiger partial charge in [0.1, 0.15) is 12.4 Å². The minimum Gasteiger partial charge on any atom is -0.496 e. The Morgan fingerprint density at radius 2 is 1.73 bits per heavy atom. The van der Waals surface area contributed by atoms with Crippen LogP contribution in [0.1, 0.15) is 87.6 Å². The zero-order chi connectivity index (χ0) is 35.9. The van der Waals surface area contributed by atoms with Crippen molar-refractivity contribution in [3.8, 4) is 11.5 Å². The van der Waals surface area contributed by atoms with E-state index in [0.29, 0.717) is 32.2 Å². The van der Waals surface area contributed by atoms with Crippen LogP contribution in [0.5, 0.6) is 11.5 Å². The van der Waals surface area contributed by atoms with E-state index in [0.717, 1.165) is 47.6 Å². The van der Waals surface area contributed by atoms with E-state index in [1.807, 2.05) is 49.4 Å². The van der Waals surface area contributed by atoms with Crippen LogP contribution in [-0.4, -0.2) is 43.6 Å². The molecule has 8 nitrogen and oxygen atoms in total. The van der Waals surface area contributed by atoms with Gasteiger partial charge in [-0.25, -0.2) is 4.39 Å². The van der Waals surface area contributed by atoms with Gasteiger partial charge in [-0.05, 0) is 92.0 Å². The summed E-state index contributed by atoms with van der Waals surface area (Å²) in [5.41, 5.74) is 1.61. The van der Waals surface area contributed by atoms with Crippen LogP contribution in [0.25, 0.3) is 10.8 Å². The van der Waals surface area contributed by atoms with Crippen LogP contribution in [0.3, 0.4) is 0 Å². The lowest BCUT2D eigenvalue weighted by molar-refractivity contribution is -0.159. The molecule has 4 saturated carbocycles. The number of methoxy groups -OCH3 is 1. The van der Waals surface area contributed by atoms with Gasteiger partial charge in [-0.2, -0.15) is 0 Å². The number of halogens is 1. The Bertz CT molecular complexity index is 1840. The molecule has 2 amide bonds. The van der Waals surface area contributed by atoms with Crippen molar-refractivity contribution in [1.29, 1.82) is 0 Å². The summed E-state index contributed by atoms with van der Waals surface area (Å²) in [5.74, 6) is -1.55. The van der Waals surface area contributed by atoms with Crippen LogP contribution in [0.2, 0.25) is 0 Å². The number of carbonyl (C=O) groups is 3. The third-order valence-electron chi connectivity index (χ3n) is 12.3. The molecule has 4 atom stereocenters. The molecule has 4 fully saturated rings. The molecule has 0 spiro atoms. The lowest BCUT2D eigenvalue weighted by Gasteiger charge is -2.39. The summed E-state index contributed by atoms with van der Waals surface area (Å²) in [7, 11) is 1.39. The van der Waals surface area contributed by atoms with Crippen LogP contribution >= 0.6 is 0 Å². The van der Waals surface area contributed by atoms with E-state index in [2.05, 4.69) is 24.1 Å². The zero-order valence-corrected chi connectivity index (χ0v) is 29.9. The van der Waals surface area contributed by atoms with E-state index in [4.69, 9.17) is 14.2 Å². The Hall–Kier alpha value is -4.40. The minimum atomic E-state index is -0.683. The zero-order valence-electron chi connectivity index (χ0n) is 29.9. The van der Waals surface area contributed by atoms with Gasteiger partial charge in [-0.15, -0.1) is 0 Å². The van der Waals surface area contributed by atoms with Crippen molar-refractivity contribution in [2.75, 3.05) is 13.7 Å². The summed E-state index contributed by atoms with van der Waals surface area (Å²) < 4.78 is 32.8. The molecule has 3 aromatic rings. The van der Waals surface area contributed by atoms with E-state index in [9.17, 15) is 14.4 Å². The Morgan fingerprint density at radius 3 is 2.45 bits per heavy atom. The average molecular weight is 697 g/mol. The van der Waals surface area contributed by atoms with Gasteiger partial charge in [0.25, 0.3) is 5.91 Å². The Kier molecular flexibility index (Phi) is 9.59. The smallest absolute Gasteiger partial charge is 0.312 e. The number of amides is 2. The van der Waals surface area contributed by atoms with Crippen molar-refractivity contribution in [2.24, 2.45) is 28.6 Å². The van der Waals surface area contributed by atoms with E-state index in [1.165, 1.54) is 25.7 Å². The molecule has 4 aliphatic rings. The van der Waals surface area contributed by atoms with Gasteiger partial charge in [0.05, 0.1) is 30.1 Å². The number of nitrogens with one attached hydrogen (secondary N) is 2. The molecule has 0 aromatic heterocycles. The normalized spacial score (nSPS) is 27.8. The van der Waals surface area contributed by atoms with Crippen molar-refractivity contribution in [2.45, 2.75) is 90.4 Å². The highest BCUT2D eigenvalue weighted by atomic mass is 19.1. The molecule has 2 bridgehead atoms. The van der Waals surface area contributed by atoms with Crippen LogP contribution in [0.15, 0.2) is 66.7 Å². The van der Waals surface area contributed by atoms with Crippen LogP contribution in [0, 0.1) is 34.4 Å². The molecule has 4 aliphatic carbocycles. The number of esters is 1. The van der Waals surface area contributed by atoms with Crippen molar-refractivity contribution in [3.05, 3.63) is 83.7 Å². The SMILES string of the molecule is C=C1C[C@@H]2C[C@H]1[C@@H](NC(=O)c1cc(OC3CCC(C)(C(=O)OCc4cccc5ccccc45)CC3)c(F)cc1OC)[C@H]2C(=O)NCC1(C)CCC1. The second-order valence-corrected chi connectivity index (χ2v) is 15.9. The minimum absolute atomic E-state index is 0.00595. The molecular weight excluding hydrogens is 647 g/mol. The van der Waals surface area contributed by atoms with E-state index >= 15 is 4.39 Å². The summed E-state index contributed by atoms with van der Waals surface area (Å²) in [5, 5.41) is 8.46. The number of hydrogen-bond donors (Lipinski definition) is 2. The lowest BCUT2D eigenvalue weighted by Crippen LogP contribution is -2.52. The van der Waals surface area contributed by atoms with Crippen LogP contribution in [0.4, 0.5) is 4.39 Å². The molecular formula is C42H49FN2O6. The standard InChI is InChI=1S/C42H49FN2O6/c1-25-19-28-20-31(25)37(36(28)39(47)44-24-41(2)15-8-16-41)45-38(46)32-21-35(33(43)22-34(32)49-4)51-29-13-17-42(3,18-14-29)40(48)50-23-27-11-7-10-26-9-5-6-12-30(26)27/h5-7,9-12,21-22,28-29,31,36-37H,1,8,13-20,23-24H2,2-4H3,(H,44,47)(H,45,46)/t28-,29?,31-,36+,37-,42?/m1/s1. The Morgan fingerprint density at radius 1 is 0.980 bits per heavy atom. The highest BCUT2D eigenvalue weighted by Gasteiger charge is 2.53. The summed E-state index contributed by atoms with van der Waals surface area (Å²) in [6.45, 7) is 9.19. The number of benzene rings is 3. The molecule has 7 rings (SSSR count). The number of ether oxygens (including phenoxy) is 3. The van der Waals surface area contributed by atoms with Gasteiger partial charge < -0.3 is 24.8 Å². The number of carbonyl (C=O) groups excluding carboxylic acids is 3. The van der Waals surface area contributed by atoms with E-state index in [1.54, 1.807) is 0 Å². The first-order valence-corrected chi connectivity index (χ1v) is 18.4. The summed E-state index contributed by atoms with van der Waals surface area (Å²) in [6, 6.07) is 16.1. The summed E-state index contributed by atoms with van der Waals surface area (Å²) in [6.07, 6.45) is 6.74. The van der Waals surface area contributed by atoms with Gasteiger partial charge in [-0.3, -0.25) is 14.4 Å². The second-order valence-electron chi connectivity index (χ2n) is 15.9. The van der Waals surface area contributed by atoms with Crippen molar-refractivity contribution in [3.63, 3.8) is 0 Å². The number of rotatable bonds is 11. The maximum atomic E-state index is 15.4. The Labute approximate surface area is 299 Å². The molecule has 51 heavy (non-hydrogen) atoms. The largest absolute Gasteiger partial charge is 0.496 e. The van der Waals surface area contributed by atoms with Gasteiger partial charge in [0.2, 0.25) is 5.91 Å². The van der Waals surface area contributed by atoms with Gasteiger partial charge >= 0.3 is 5.97 Å². The van der Waals surface area contributed by atoms with Crippen molar-refractivity contribution >= 4 is 28.6 Å². The monoisotopic (exact) mass is 696 g/mol. The first-order valence-electron chi connectivity index (χ1n) is 18.4. The van der Waals surface area contributed by atoms with Gasteiger partial charge in [-0.1, -0.05) is 68.0 Å². The highest BCUT2D eigenvalue weighted by Crippen LogP contribution is 2.51. The maximum absolute atomic E-state index is 15.4. The number of hydrogen-bond acceptors (Lipinski definition) is 6. The first-order chi connectivity index (χ1) is 24.5. The lowest BCUT2D eigenvalue weighted by atomic mass is 9.70. The molecule has 0 aliphatic heterocycles. The molecule has 0 unspecified atom stereocenters. The second kappa shape index (κ2) is 14.0. The molecule has 9 heteroatoms. The van der Waals surface area contributed by atoms with Crippen molar-refractivity contribution < 1.29 is 33.0 Å². The molecule has 0 radical (unpaired) electrons. The molecule has 0 saturated heterocycles. The fourth-order valence-electron chi connectivity index (χ4n) is 8.89. The quantitative estimate of drug-likeness (QED) is 0.158. The molecule has 0 heterocycles. The summed E-state index contributed by atoms with van der Waals surface area (Å²) >= 11 is 0. The van der Waals surface area contributed by atoms with Crippen LogP contribution < -0.4 is 20.1 Å². The highest BCUT2D eigenvalue weighted by molar-refractivity contribution is 5.98. The molecule has 3 aromatic carbocycles. The summed E-state index contributed by atoms with van der Waals surface area (Å²) in [4.78, 5) is 40.7. The third-order valence-corrected chi connectivity index (χ3v) is 12.3. The molecule has 270 valence electrons. The average Bonchev–Trinajstić information content (AvgIpc) is 3.67. The van der Waals surface area contributed by atoms with Crippen LogP contribution in [-0.2, 0) is 20.9 Å². The van der Waals surface area contributed by atoms with Gasteiger partial charge in [0, 0.05) is 24.6 Å². The van der Waals surface area contributed by atoms with Crippen molar-refractivity contribution in [1.82, 2.24) is 10.6 Å². The maximum Gasteiger partial charge on any atom is 0.312 e.